The highest BCUT2D eigenvalue weighted by atomic mass is 16.7. The molecule has 0 N–H and O–H groups in total. The van der Waals surface area contributed by atoms with Gasteiger partial charge >= 0.3 is 0 Å². The Morgan fingerprint density at radius 2 is 1.56 bits per heavy atom. The van der Waals surface area contributed by atoms with E-state index in [1.807, 2.05) is 0 Å². The minimum absolute atomic E-state index is 0.233. The Balaban J connectivity index is 2.66. The molecule has 80 valence electrons. The Hall–Kier alpha value is -2.57. The fourth-order valence-corrected chi connectivity index (χ4v) is 1.38. The Labute approximate surface area is 88.9 Å². The van der Waals surface area contributed by atoms with Crippen LogP contribution in [0.1, 0.15) is 0 Å². The molecule has 0 aliphatic heterocycles. The second-order valence-corrected chi connectivity index (χ2v) is 2.81. The maximum atomic E-state index is 10.0. The molecule has 7 nitrogen and oxygen atoms in total. The number of benzene rings is 1. The van der Waals surface area contributed by atoms with E-state index in [1.165, 1.54) is 24.5 Å². The Bertz CT molecular complexity index is 495. The zero-order valence-electron chi connectivity index (χ0n) is 7.86. The minimum Gasteiger partial charge on any atom is -0.323 e. The fourth-order valence-electron chi connectivity index (χ4n) is 1.38. The molecule has 0 radical (unpaired) electrons. The average molecular weight is 219 g/mol. The summed E-state index contributed by atoms with van der Waals surface area (Å²) in [6.07, 6.45) is 2.98. The Morgan fingerprint density at radius 1 is 0.938 bits per heavy atom. The van der Waals surface area contributed by atoms with E-state index in [-0.39, 0.29) is 11.5 Å². The first-order chi connectivity index (χ1) is 7.86. The number of aromatic nitrogens is 1. The van der Waals surface area contributed by atoms with Crippen molar-refractivity contribution in [2.24, 2.45) is 10.7 Å². The van der Waals surface area contributed by atoms with Crippen molar-refractivity contribution in [2.75, 3.05) is 0 Å². The summed E-state index contributed by atoms with van der Waals surface area (Å²) in [4.78, 5) is 33.0. The van der Waals surface area contributed by atoms with Crippen LogP contribution in [0.3, 0.4) is 0 Å². The molecule has 0 spiro atoms. The third-order valence-electron chi connectivity index (χ3n) is 2.01. The second-order valence-electron chi connectivity index (χ2n) is 2.81. The molecule has 16 heavy (non-hydrogen) atoms. The monoisotopic (exact) mass is 219 g/mol. The highest BCUT2D eigenvalue weighted by Gasteiger charge is 2.09. The van der Waals surface area contributed by atoms with Crippen molar-refractivity contribution in [2.45, 2.75) is 0 Å². The standard InChI is InChI=1S/C9H5N3O4/c13-11-15-8-1-2-9(16-12-14)7-5-10-4-3-6(7)8/h1-5H. The van der Waals surface area contributed by atoms with E-state index in [2.05, 4.69) is 25.3 Å². The van der Waals surface area contributed by atoms with E-state index in [9.17, 15) is 9.81 Å². The number of nitrogens with zero attached hydrogens (tertiary/aromatic N) is 3. The molecule has 0 aliphatic carbocycles. The van der Waals surface area contributed by atoms with Crippen molar-refractivity contribution >= 4 is 10.8 Å². The molecule has 0 fully saturated rings. The quantitative estimate of drug-likeness (QED) is 0.581. The maximum Gasteiger partial charge on any atom is 0.171 e. The van der Waals surface area contributed by atoms with Gasteiger partial charge in [-0.15, -0.1) is 9.81 Å². The van der Waals surface area contributed by atoms with E-state index in [4.69, 9.17) is 0 Å². The molecule has 7 heteroatoms. The largest absolute Gasteiger partial charge is 0.323 e. The minimum atomic E-state index is 0.233. The lowest BCUT2D eigenvalue weighted by Gasteiger charge is -2.04. The third-order valence-corrected chi connectivity index (χ3v) is 2.01. The van der Waals surface area contributed by atoms with Gasteiger partial charge in [0.2, 0.25) is 0 Å². The third kappa shape index (κ3) is 1.65. The van der Waals surface area contributed by atoms with Crippen LogP contribution in [0.25, 0.3) is 10.8 Å². The molecule has 1 aromatic carbocycles. The van der Waals surface area contributed by atoms with E-state index in [0.717, 1.165) is 0 Å². The fraction of sp³-hybridized carbons (Fsp3) is 0. The molecule has 2 aromatic rings. The highest BCUT2D eigenvalue weighted by molar-refractivity contribution is 5.92. The molecule has 0 aliphatic rings. The van der Waals surface area contributed by atoms with Gasteiger partial charge < -0.3 is 9.68 Å². The molecule has 1 aromatic heterocycles. The van der Waals surface area contributed by atoms with Crippen LogP contribution < -0.4 is 9.68 Å². The van der Waals surface area contributed by atoms with Crippen LogP contribution >= 0.6 is 0 Å². The van der Waals surface area contributed by atoms with Crippen LogP contribution in [-0.2, 0) is 0 Å². The summed E-state index contributed by atoms with van der Waals surface area (Å²) in [7, 11) is 0. The van der Waals surface area contributed by atoms with Gasteiger partial charge in [-0.25, -0.2) is 0 Å². The van der Waals surface area contributed by atoms with Gasteiger partial charge in [-0.2, -0.15) is 0 Å². The Kier molecular flexibility index (Phi) is 2.68. The van der Waals surface area contributed by atoms with E-state index in [0.29, 0.717) is 10.8 Å². The second kappa shape index (κ2) is 4.30. The summed E-state index contributed by atoms with van der Waals surface area (Å²) in [5, 5.41) is 5.72. The van der Waals surface area contributed by atoms with Crippen molar-refractivity contribution in [3.8, 4) is 11.5 Å². The van der Waals surface area contributed by atoms with E-state index < -0.39 is 0 Å². The van der Waals surface area contributed by atoms with Gasteiger partial charge in [0.05, 0.1) is 0 Å². The zero-order chi connectivity index (χ0) is 11.4. The van der Waals surface area contributed by atoms with Crippen molar-refractivity contribution in [3.63, 3.8) is 0 Å². The van der Waals surface area contributed by atoms with Crippen LogP contribution in [0, 0.1) is 9.81 Å². The number of hydrogen-bond donors (Lipinski definition) is 0. The first-order valence-electron chi connectivity index (χ1n) is 4.23. The first-order valence-corrected chi connectivity index (χ1v) is 4.23. The van der Waals surface area contributed by atoms with Crippen molar-refractivity contribution in [1.29, 1.82) is 0 Å². The van der Waals surface area contributed by atoms with Crippen LogP contribution in [-0.4, -0.2) is 4.98 Å². The number of fused-ring (bicyclic) bond motifs is 1. The summed E-state index contributed by atoms with van der Waals surface area (Å²) in [5.74, 6) is 0.488. The smallest absolute Gasteiger partial charge is 0.171 e. The molecule has 2 rings (SSSR count). The molecular formula is C9H5N3O4. The van der Waals surface area contributed by atoms with Gasteiger partial charge in [-0.05, 0) is 18.2 Å². The number of pyridine rings is 1. The normalized spacial score (nSPS) is 9.75. The predicted octanol–water partition coefficient (Wildman–Crippen LogP) is 2.36. The zero-order valence-corrected chi connectivity index (χ0v) is 7.86. The molecule has 0 bridgehead atoms. The molecule has 0 saturated carbocycles. The topological polar surface area (TPSA) is 90.2 Å². The predicted molar refractivity (Wildman–Crippen MR) is 54.6 cm³/mol. The molecular weight excluding hydrogens is 214 g/mol. The van der Waals surface area contributed by atoms with Gasteiger partial charge in [0.25, 0.3) is 0 Å². The average Bonchev–Trinajstić information content (AvgIpc) is 2.33. The van der Waals surface area contributed by atoms with Gasteiger partial charge in [0, 0.05) is 23.2 Å². The lowest BCUT2D eigenvalue weighted by Crippen LogP contribution is -1.88. The molecule has 0 unspecified atom stereocenters. The lowest BCUT2D eigenvalue weighted by atomic mass is 10.1. The van der Waals surface area contributed by atoms with Crippen LogP contribution in [0.2, 0.25) is 0 Å². The summed E-state index contributed by atoms with van der Waals surface area (Å²) < 4.78 is 0. The Morgan fingerprint density at radius 3 is 2.19 bits per heavy atom. The summed E-state index contributed by atoms with van der Waals surface area (Å²) in [6, 6.07) is 4.49. The van der Waals surface area contributed by atoms with Gasteiger partial charge in [-0.3, -0.25) is 4.98 Å². The highest BCUT2D eigenvalue weighted by Crippen LogP contribution is 2.32. The summed E-state index contributed by atoms with van der Waals surface area (Å²) >= 11 is 0. The van der Waals surface area contributed by atoms with Gasteiger partial charge in [0.1, 0.15) is 0 Å². The van der Waals surface area contributed by atoms with Crippen molar-refractivity contribution < 1.29 is 9.68 Å². The SMILES string of the molecule is O=NOc1ccc(ON=O)c2cnccc12. The molecule has 0 saturated heterocycles. The van der Waals surface area contributed by atoms with Crippen molar-refractivity contribution in [3.05, 3.63) is 40.4 Å². The van der Waals surface area contributed by atoms with Crippen LogP contribution in [0.15, 0.2) is 41.3 Å². The van der Waals surface area contributed by atoms with Gasteiger partial charge in [-0.1, -0.05) is 0 Å². The molecule has 0 atom stereocenters. The van der Waals surface area contributed by atoms with Crippen LogP contribution in [0.4, 0.5) is 0 Å². The summed E-state index contributed by atoms with van der Waals surface area (Å²) in [5.41, 5.74) is 0. The van der Waals surface area contributed by atoms with E-state index >= 15 is 0 Å². The van der Waals surface area contributed by atoms with Crippen molar-refractivity contribution in [1.82, 2.24) is 4.98 Å². The first kappa shape index (κ1) is 9.97. The number of hydrogen-bond acceptors (Lipinski definition) is 7. The molecule has 1 heterocycles. The van der Waals surface area contributed by atoms with Crippen LogP contribution in [0.5, 0.6) is 11.5 Å². The number of rotatable bonds is 4. The van der Waals surface area contributed by atoms with E-state index in [1.54, 1.807) is 6.07 Å². The summed E-state index contributed by atoms with van der Waals surface area (Å²) in [6.45, 7) is 0. The maximum absolute atomic E-state index is 10.0. The van der Waals surface area contributed by atoms with Gasteiger partial charge in [0.15, 0.2) is 22.2 Å². The molecule has 0 amide bonds. The lowest BCUT2D eigenvalue weighted by molar-refractivity contribution is 0.331.